The van der Waals surface area contributed by atoms with Crippen LogP contribution in [0.2, 0.25) is 5.02 Å². The molecule has 1 saturated heterocycles. The Morgan fingerprint density at radius 2 is 1.82 bits per heavy atom. The van der Waals surface area contributed by atoms with Gasteiger partial charge in [-0.25, -0.2) is 4.39 Å². The zero-order valence-corrected chi connectivity index (χ0v) is 15.9. The second kappa shape index (κ2) is 7.64. The highest BCUT2D eigenvalue weighted by Gasteiger charge is 2.22. The third-order valence-electron chi connectivity index (χ3n) is 5.05. The quantitative estimate of drug-likeness (QED) is 0.679. The van der Waals surface area contributed by atoms with E-state index in [-0.39, 0.29) is 23.3 Å². The van der Waals surface area contributed by atoms with Crippen molar-refractivity contribution in [3.8, 4) is 0 Å². The number of rotatable bonds is 3. The molecule has 144 valence electrons. The number of anilines is 1. The Morgan fingerprint density at radius 1 is 1.04 bits per heavy atom. The van der Waals surface area contributed by atoms with Gasteiger partial charge in [-0.3, -0.25) is 9.59 Å². The fraction of sp³-hybridized carbons (Fsp3) is 0.238. The molecule has 7 heteroatoms. The Hall–Kier alpha value is -2.86. The maximum atomic E-state index is 13.5. The first-order chi connectivity index (χ1) is 13.5. The van der Waals surface area contributed by atoms with Crippen molar-refractivity contribution in [2.45, 2.75) is 6.54 Å². The van der Waals surface area contributed by atoms with Gasteiger partial charge in [-0.05, 0) is 36.4 Å². The Balaban J connectivity index is 1.46. The van der Waals surface area contributed by atoms with Crippen LogP contribution in [-0.4, -0.2) is 41.6 Å². The minimum atomic E-state index is -0.467. The number of pyridine rings is 1. The lowest BCUT2D eigenvalue weighted by molar-refractivity contribution is -0.132. The Labute approximate surface area is 166 Å². The molecular formula is C21H19ClFN3O2. The van der Waals surface area contributed by atoms with Crippen molar-refractivity contribution in [3.05, 3.63) is 75.8 Å². The van der Waals surface area contributed by atoms with E-state index in [2.05, 4.69) is 4.90 Å². The number of aromatic nitrogens is 1. The number of nitrogens with zero attached hydrogens (tertiary/aromatic N) is 3. The van der Waals surface area contributed by atoms with Crippen molar-refractivity contribution in [2.24, 2.45) is 0 Å². The molecule has 2 heterocycles. The first kappa shape index (κ1) is 18.5. The highest BCUT2D eigenvalue weighted by molar-refractivity contribution is 6.30. The lowest BCUT2D eigenvalue weighted by Gasteiger charge is -2.36. The summed E-state index contributed by atoms with van der Waals surface area (Å²) in [6, 6.07) is 13.1. The summed E-state index contributed by atoms with van der Waals surface area (Å²) in [5.41, 5.74) is 1.35. The molecule has 1 aromatic heterocycles. The van der Waals surface area contributed by atoms with E-state index in [0.717, 1.165) is 18.8 Å². The molecule has 2 aromatic carbocycles. The average molecular weight is 400 g/mol. The summed E-state index contributed by atoms with van der Waals surface area (Å²) in [7, 11) is 0. The second-order valence-corrected chi connectivity index (χ2v) is 7.25. The van der Waals surface area contributed by atoms with Gasteiger partial charge in [0.15, 0.2) is 5.43 Å². The van der Waals surface area contributed by atoms with Crippen LogP contribution in [0.1, 0.15) is 0 Å². The van der Waals surface area contributed by atoms with Crippen LogP contribution in [0.25, 0.3) is 10.9 Å². The molecule has 0 atom stereocenters. The number of carbonyl (C=O) groups excluding carboxylic acids is 1. The third-order valence-corrected chi connectivity index (χ3v) is 5.29. The van der Waals surface area contributed by atoms with Gasteiger partial charge in [-0.2, -0.15) is 0 Å². The van der Waals surface area contributed by atoms with Gasteiger partial charge in [0.2, 0.25) is 5.91 Å². The van der Waals surface area contributed by atoms with Gasteiger partial charge < -0.3 is 14.4 Å². The molecule has 0 aliphatic carbocycles. The summed E-state index contributed by atoms with van der Waals surface area (Å²) in [5, 5.41) is 0.971. The fourth-order valence-electron chi connectivity index (χ4n) is 3.55. The van der Waals surface area contributed by atoms with Crippen molar-refractivity contribution in [1.29, 1.82) is 0 Å². The third kappa shape index (κ3) is 3.73. The van der Waals surface area contributed by atoms with Crippen LogP contribution < -0.4 is 10.3 Å². The maximum Gasteiger partial charge on any atom is 0.242 e. The molecule has 0 N–H and O–H groups in total. The van der Waals surface area contributed by atoms with E-state index >= 15 is 0 Å². The zero-order chi connectivity index (χ0) is 19.7. The highest BCUT2D eigenvalue weighted by Crippen LogP contribution is 2.21. The number of amides is 1. The van der Waals surface area contributed by atoms with Crippen molar-refractivity contribution < 1.29 is 9.18 Å². The van der Waals surface area contributed by atoms with Crippen LogP contribution in [0.15, 0.2) is 59.5 Å². The van der Waals surface area contributed by atoms with Crippen LogP contribution in [0.5, 0.6) is 0 Å². The van der Waals surface area contributed by atoms with E-state index in [1.54, 1.807) is 10.8 Å². The Bertz CT molecular complexity index is 1090. The summed E-state index contributed by atoms with van der Waals surface area (Å²) in [4.78, 5) is 28.8. The van der Waals surface area contributed by atoms with Crippen LogP contribution in [0.3, 0.4) is 0 Å². The van der Waals surface area contributed by atoms with Gasteiger partial charge in [0.1, 0.15) is 12.4 Å². The van der Waals surface area contributed by atoms with Crippen LogP contribution >= 0.6 is 11.6 Å². The average Bonchev–Trinajstić information content (AvgIpc) is 2.70. The first-order valence-electron chi connectivity index (χ1n) is 9.08. The Morgan fingerprint density at radius 3 is 2.57 bits per heavy atom. The van der Waals surface area contributed by atoms with Crippen molar-refractivity contribution in [3.63, 3.8) is 0 Å². The maximum absolute atomic E-state index is 13.5. The zero-order valence-electron chi connectivity index (χ0n) is 15.1. The molecule has 0 unspecified atom stereocenters. The molecule has 1 fully saturated rings. The van der Waals surface area contributed by atoms with E-state index in [1.165, 1.54) is 24.3 Å². The molecular weight excluding hydrogens is 381 g/mol. The van der Waals surface area contributed by atoms with Gasteiger partial charge >= 0.3 is 0 Å². The molecule has 1 aliphatic rings. The largest absolute Gasteiger partial charge is 0.368 e. The minimum absolute atomic E-state index is 0.0278. The summed E-state index contributed by atoms with van der Waals surface area (Å²) in [6.45, 7) is 2.78. The lowest BCUT2D eigenvalue weighted by Crippen LogP contribution is -2.49. The molecule has 1 aliphatic heterocycles. The predicted molar refractivity (Wildman–Crippen MR) is 108 cm³/mol. The molecule has 0 saturated carbocycles. The first-order valence-corrected chi connectivity index (χ1v) is 9.46. The lowest BCUT2D eigenvalue weighted by atomic mass is 10.2. The van der Waals surface area contributed by atoms with Gasteiger partial charge in [0, 0.05) is 54.5 Å². The summed E-state index contributed by atoms with van der Waals surface area (Å²) in [5.74, 6) is -0.495. The number of benzene rings is 2. The van der Waals surface area contributed by atoms with Crippen LogP contribution in [0, 0.1) is 5.82 Å². The van der Waals surface area contributed by atoms with Gasteiger partial charge in [0.25, 0.3) is 0 Å². The number of piperazine rings is 1. The van der Waals surface area contributed by atoms with Crippen molar-refractivity contribution >= 4 is 34.1 Å². The summed E-state index contributed by atoms with van der Waals surface area (Å²) < 4.78 is 15.2. The van der Waals surface area contributed by atoms with Gasteiger partial charge in [-0.15, -0.1) is 0 Å². The number of hydrogen-bond donors (Lipinski definition) is 0. The molecule has 4 rings (SSSR count). The smallest absolute Gasteiger partial charge is 0.242 e. The fourth-order valence-corrected chi connectivity index (χ4v) is 3.74. The normalized spacial score (nSPS) is 14.5. The van der Waals surface area contributed by atoms with Crippen LogP contribution in [-0.2, 0) is 11.3 Å². The standard InChI is InChI=1S/C21H19ClFN3O2/c22-15-2-1-3-17(12-15)24-8-10-25(11-9-24)21(28)14-26-7-6-20(27)18-13-16(23)4-5-19(18)26/h1-7,12-13H,8-11,14H2. The SMILES string of the molecule is O=C(Cn1ccc(=O)c2cc(F)ccc21)N1CCN(c2cccc(Cl)c2)CC1. The van der Waals surface area contributed by atoms with Gasteiger partial charge in [-0.1, -0.05) is 17.7 Å². The molecule has 3 aromatic rings. The van der Waals surface area contributed by atoms with E-state index < -0.39 is 5.82 Å². The van der Waals surface area contributed by atoms with E-state index in [9.17, 15) is 14.0 Å². The Kier molecular flexibility index (Phi) is 5.05. The predicted octanol–water partition coefficient (Wildman–Crippen LogP) is 3.14. The number of carbonyl (C=O) groups is 1. The second-order valence-electron chi connectivity index (χ2n) is 6.82. The number of fused-ring (bicyclic) bond motifs is 1. The highest BCUT2D eigenvalue weighted by atomic mass is 35.5. The van der Waals surface area contributed by atoms with E-state index in [0.29, 0.717) is 23.6 Å². The van der Waals surface area contributed by atoms with E-state index in [4.69, 9.17) is 11.6 Å². The number of hydrogen-bond acceptors (Lipinski definition) is 3. The van der Waals surface area contributed by atoms with Crippen molar-refractivity contribution in [1.82, 2.24) is 9.47 Å². The summed E-state index contributed by atoms with van der Waals surface area (Å²) in [6.07, 6.45) is 1.59. The number of halogens is 2. The van der Waals surface area contributed by atoms with E-state index in [1.807, 2.05) is 29.2 Å². The molecule has 1 amide bonds. The molecule has 5 nitrogen and oxygen atoms in total. The molecule has 28 heavy (non-hydrogen) atoms. The topological polar surface area (TPSA) is 45.6 Å². The summed E-state index contributed by atoms with van der Waals surface area (Å²) >= 11 is 6.06. The van der Waals surface area contributed by atoms with Crippen LogP contribution in [0.4, 0.5) is 10.1 Å². The molecule has 0 bridgehead atoms. The minimum Gasteiger partial charge on any atom is -0.368 e. The monoisotopic (exact) mass is 399 g/mol. The van der Waals surface area contributed by atoms with Gasteiger partial charge in [0.05, 0.1) is 5.52 Å². The van der Waals surface area contributed by atoms with Crippen molar-refractivity contribution in [2.75, 3.05) is 31.1 Å². The molecule has 0 spiro atoms. The molecule has 0 radical (unpaired) electrons.